The first-order valence-corrected chi connectivity index (χ1v) is 19.9. The van der Waals surface area contributed by atoms with Gasteiger partial charge in [-0.25, -0.2) is 0 Å². The number of hydrogen-bond acceptors (Lipinski definition) is 0. The van der Waals surface area contributed by atoms with E-state index < -0.39 is 21.3 Å². The molecule has 0 nitrogen and oxygen atoms in total. The largest absolute Gasteiger partial charge is 1.00 e. The number of halogens is 2. The minimum Gasteiger partial charge on any atom is -1.00 e. The second-order valence-electron chi connectivity index (χ2n) is 16.7. The van der Waals surface area contributed by atoms with E-state index in [0.29, 0.717) is 5.41 Å². The van der Waals surface area contributed by atoms with Crippen LogP contribution in [0, 0.1) is 23.2 Å². The van der Waals surface area contributed by atoms with E-state index in [0.717, 1.165) is 24.2 Å². The van der Waals surface area contributed by atoms with Crippen LogP contribution in [-0.4, -0.2) is 3.21 Å². The van der Waals surface area contributed by atoms with Gasteiger partial charge in [-0.1, -0.05) is 0 Å². The zero-order chi connectivity index (χ0) is 28.2. The maximum Gasteiger partial charge on any atom is -1.00 e. The van der Waals surface area contributed by atoms with E-state index >= 15 is 0 Å². The number of benzene rings is 2. The average molecular weight is 681 g/mol. The standard InChI is InChI=1S/C21H25.C15H19.C3H6.2ClH.Zr/c1-20(2,3)16-9-7-14-11-15-8-10-17(21(4,5)6)13-19(15)18(14)12-16;1-2-4-14(3-1)15-8-11-5-12(9-15)7-13(6-11)10-15;1-3-2;;;/h7,9-10,12-13H,11H2,1-6H3;3-4,11-13H,1,5-10H2;1-2H3;2*1H;/q;;;;;+2/p-2. The molecule has 0 spiro atoms. The third kappa shape index (κ3) is 5.49. The topological polar surface area (TPSA) is 0 Å². The van der Waals surface area contributed by atoms with Gasteiger partial charge in [0.15, 0.2) is 0 Å². The Morgan fingerprint density at radius 3 is 1.88 bits per heavy atom. The zero-order valence-corrected chi connectivity index (χ0v) is 31.2. The predicted molar refractivity (Wildman–Crippen MR) is 169 cm³/mol. The molecule has 0 N–H and O–H groups in total. The summed E-state index contributed by atoms with van der Waals surface area (Å²) in [6, 6.07) is 12.6. The van der Waals surface area contributed by atoms with Gasteiger partial charge in [0.25, 0.3) is 0 Å². The average Bonchev–Trinajstić information content (AvgIpc) is 3.47. The van der Waals surface area contributed by atoms with Gasteiger partial charge in [-0.05, 0) is 0 Å². The molecular formula is C39H50Cl2Zr. The van der Waals surface area contributed by atoms with E-state index in [1.165, 1.54) is 61.6 Å². The van der Waals surface area contributed by atoms with Crippen LogP contribution >= 0.6 is 0 Å². The Balaban J connectivity index is 0.00000176. The first kappa shape index (κ1) is 32.6. The Labute approximate surface area is 276 Å². The fraction of sp³-hybridized carbons (Fsp3) is 0.564. The number of hydrogen-bond donors (Lipinski definition) is 0. The minimum atomic E-state index is -2.23. The van der Waals surface area contributed by atoms with Gasteiger partial charge < -0.3 is 24.8 Å². The van der Waals surface area contributed by atoms with Crippen molar-refractivity contribution in [1.82, 2.24) is 0 Å². The Hall–Kier alpha value is -0.747. The molecule has 0 unspecified atom stereocenters. The molecule has 0 aromatic heterocycles. The van der Waals surface area contributed by atoms with Gasteiger partial charge in [0.05, 0.1) is 0 Å². The van der Waals surface area contributed by atoms with Crippen molar-refractivity contribution in [3.63, 3.8) is 0 Å². The van der Waals surface area contributed by atoms with Gasteiger partial charge in [-0.15, -0.1) is 0 Å². The smallest absolute Gasteiger partial charge is 1.00 e. The van der Waals surface area contributed by atoms with E-state index in [1.807, 2.05) is 3.28 Å². The van der Waals surface area contributed by atoms with Crippen molar-refractivity contribution in [2.75, 3.05) is 0 Å². The molecule has 2 aromatic carbocycles. The molecule has 4 fully saturated rings. The maximum atomic E-state index is 2.81. The minimum absolute atomic E-state index is 0. The summed E-state index contributed by atoms with van der Waals surface area (Å²) < 4.78 is 5.38. The van der Waals surface area contributed by atoms with Crippen LogP contribution in [0.1, 0.15) is 123 Å². The van der Waals surface area contributed by atoms with Crippen LogP contribution in [0.5, 0.6) is 0 Å². The first-order chi connectivity index (χ1) is 18.8. The summed E-state index contributed by atoms with van der Waals surface area (Å²) in [4.78, 5) is 0. The Bertz CT molecular complexity index is 1460. The predicted octanol–water partition coefficient (Wildman–Crippen LogP) is 3.75. The number of allylic oxidation sites excluding steroid dienone is 4. The third-order valence-corrected chi connectivity index (χ3v) is 18.7. The van der Waals surface area contributed by atoms with Gasteiger partial charge >= 0.3 is 253 Å². The van der Waals surface area contributed by atoms with Crippen LogP contribution in [0.3, 0.4) is 0 Å². The quantitative estimate of drug-likeness (QED) is 0.396. The maximum absolute atomic E-state index is 2.81. The molecule has 0 aliphatic heterocycles. The molecule has 4 saturated carbocycles. The summed E-state index contributed by atoms with van der Waals surface area (Å²) in [6.45, 7) is 19.2. The van der Waals surface area contributed by atoms with Gasteiger partial charge in [0.1, 0.15) is 0 Å². The van der Waals surface area contributed by atoms with Crippen LogP contribution in [0.15, 0.2) is 51.3 Å². The van der Waals surface area contributed by atoms with Crippen LogP contribution < -0.4 is 28.1 Å². The van der Waals surface area contributed by atoms with Crippen molar-refractivity contribution in [1.29, 1.82) is 0 Å². The van der Waals surface area contributed by atoms with Crippen molar-refractivity contribution in [3.8, 4) is 11.1 Å². The summed E-state index contributed by atoms with van der Waals surface area (Å²) in [5, 5.41) is 0. The molecule has 4 bridgehead atoms. The van der Waals surface area contributed by atoms with E-state index in [-0.39, 0.29) is 35.6 Å². The van der Waals surface area contributed by atoms with E-state index in [4.69, 9.17) is 0 Å². The molecule has 6 aliphatic carbocycles. The molecule has 0 amide bonds. The summed E-state index contributed by atoms with van der Waals surface area (Å²) in [6.07, 6.45) is 17.0. The number of fused-ring (bicyclic) bond motifs is 3. The second-order valence-corrected chi connectivity index (χ2v) is 23.9. The summed E-state index contributed by atoms with van der Waals surface area (Å²) in [7, 11) is 0. The number of rotatable bonds is 3. The van der Waals surface area contributed by atoms with Crippen LogP contribution in [0.2, 0.25) is 0 Å². The van der Waals surface area contributed by atoms with Crippen LogP contribution in [-0.2, 0) is 38.5 Å². The summed E-state index contributed by atoms with van der Waals surface area (Å²) >= 11 is -2.23. The van der Waals surface area contributed by atoms with Gasteiger partial charge in [0.2, 0.25) is 0 Å². The van der Waals surface area contributed by atoms with Crippen molar-refractivity contribution < 1.29 is 46.1 Å². The monoisotopic (exact) mass is 678 g/mol. The van der Waals surface area contributed by atoms with Crippen molar-refractivity contribution in [3.05, 3.63) is 73.6 Å². The van der Waals surface area contributed by atoms with E-state index in [2.05, 4.69) is 97.9 Å². The first-order valence-electron chi connectivity index (χ1n) is 16.2. The molecular weight excluding hydrogens is 631 g/mol. The van der Waals surface area contributed by atoms with Crippen molar-refractivity contribution in [2.45, 2.75) is 118 Å². The molecule has 8 rings (SSSR count). The second kappa shape index (κ2) is 11.2. The third-order valence-electron chi connectivity index (χ3n) is 11.4. The van der Waals surface area contributed by atoms with Crippen LogP contribution in [0.4, 0.5) is 0 Å². The molecule has 2 aromatic rings. The van der Waals surface area contributed by atoms with Gasteiger partial charge in [0, 0.05) is 0 Å². The molecule has 0 saturated heterocycles. The Kier molecular flexibility index (Phi) is 8.74. The normalized spacial score (nSPS) is 26.8. The summed E-state index contributed by atoms with van der Waals surface area (Å²) in [5.41, 5.74) is 11.9. The van der Waals surface area contributed by atoms with Gasteiger partial charge in [-0.2, -0.15) is 0 Å². The Morgan fingerprint density at radius 1 is 0.762 bits per heavy atom. The van der Waals surface area contributed by atoms with E-state index in [9.17, 15) is 0 Å². The molecule has 6 aliphatic rings. The molecule has 0 atom stereocenters. The summed E-state index contributed by atoms with van der Waals surface area (Å²) in [5.74, 6) is 3.06. The molecule has 224 valence electrons. The van der Waals surface area contributed by atoms with Crippen molar-refractivity contribution in [2.24, 2.45) is 23.2 Å². The van der Waals surface area contributed by atoms with Gasteiger partial charge in [-0.3, -0.25) is 0 Å². The fourth-order valence-corrected chi connectivity index (χ4v) is 17.0. The zero-order valence-electron chi connectivity index (χ0n) is 27.2. The van der Waals surface area contributed by atoms with Crippen molar-refractivity contribution >= 4 is 6.48 Å². The molecule has 0 heterocycles. The SMILES string of the molecule is C[C](C)=[Zr+2]([C]1=CC(C23CC4CC(CC(C4)C2)C3)=CC1)[c]1cc(C(C)(C)C)cc2c1Cc1ccc(C(C)(C)C)cc1-2.[Cl-].[Cl-]. The Morgan fingerprint density at radius 2 is 1.33 bits per heavy atom. The molecule has 0 radical (unpaired) electrons. The fourth-order valence-electron chi connectivity index (χ4n) is 9.69. The molecule has 3 heteroatoms. The molecule has 42 heavy (non-hydrogen) atoms. The van der Waals surface area contributed by atoms with E-state index in [1.54, 1.807) is 28.7 Å². The van der Waals surface area contributed by atoms with Crippen LogP contribution in [0.25, 0.3) is 11.1 Å².